The Balaban J connectivity index is 1.89. The van der Waals surface area contributed by atoms with Gasteiger partial charge in [-0.05, 0) is 34.0 Å². The quantitative estimate of drug-likeness (QED) is 0.775. The van der Waals surface area contributed by atoms with Gasteiger partial charge in [0, 0.05) is 12.8 Å². The number of thiophene rings is 1. The second-order valence-electron chi connectivity index (χ2n) is 4.12. The third kappa shape index (κ3) is 1.98. The predicted molar refractivity (Wildman–Crippen MR) is 68.0 cm³/mol. The zero-order valence-corrected chi connectivity index (χ0v) is 10.1. The Morgan fingerprint density at radius 2 is 2.29 bits per heavy atom. The summed E-state index contributed by atoms with van der Waals surface area (Å²) in [6.07, 6.45) is 1.37. The van der Waals surface area contributed by atoms with Crippen LogP contribution in [0.3, 0.4) is 0 Å². The van der Waals surface area contributed by atoms with Gasteiger partial charge in [0.25, 0.3) is 0 Å². The molecule has 3 rings (SSSR count). The van der Waals surface area contributed by atoms with Crippen LogP contribution >= 0.6 is 11.3 Å². The zero-order valence-electron chi connectivity index (χ0n) is 9.31. The number of rotatable bonds is 3. The Hall–Kier alpha value is -1.61. The molecule has 1 aromatic heterocycles. The topological polar surface area (TPSA) is 26.3 Å². The van der Waals surface area contributed by atoms with Crippen molar-refractivity contribution in [2.24, 2.45) is 0 Å². The van der Waals surface area contributed by atoms with E-state index in [1.54, 1.807) is 11.3 Å². The lowest BCUT2D eigenvalue weighted by Crippen LogP contribution is -2.04. The van der Waals surface area contributed by atoms with Gasteiger partial charge < -0.3 is 4.74 Å². The average Bonchev–Trinajstić information content (AvgIpc) is 2.97. The summed E-state index contributed by atoms with van der Waals surface area (Å²) in [5.41, 5.74) is 2.96. The molecule has 2 aromatic rings. The van der Waals surface area contributed by atoms with Crippen molar-refractivity contribution in [3.63, 3.8) is 0 Å². The van der Waals surface area contributed by atoms with Gasteiger partial charge in [-0.2, -0.15) is 11.3 Å². The van der Waals surface area contributed by atoms with Crippen LogP contribution in [0.15, 0.2) is 35.0 Å². The smallest absolute Gasteiger partial charge is 0.170 e. The molecule has 0 bridgehead atoms. The molecule has 1 aliphatic heterocycles. The third-order valence-electron chi connectivity index (χ3n) is 2.96. The molecule has 0 atom stereocenters. The lowest BCUT2D eigenvalue weighted by Gasteiger charge is -2.06. The fraction of sp³-hybridized carbons (Fsp3) is 0.214. The highest BCUT2D eigenvalue weighted by Crippen LogP contribution is 2.30. The van der Waals surface area contributed by atoms with Gasteiger partial charge in [0.2, 0.25) is 0 Å². The molecule has 1 aliphatic rings. The van der Waals surface area contributed by atoms with Crippen LogP contribution in [0.5, 0.6) is 5.75 Å². The van der Waals surface area contributed by atoms with Gasteiger partial charge in [-0.3, -0.25) is 4.79 Å². The van der Waals surface area contributed by atoms with Crippen molar-refractivity contribution in [3.8, 4) is 5.75 Å². The molecule has 0 saturated carbocycles. The Bertz CT molecular complexity index is 543. The lowest BCUT2D eigenvalue weighted by molar-refractivity contribution is 0.0990. The van der Waals surface area contributed by atoms with E-state index >= 15 is 0 Å². The van der Waals surface area contributed by atoms with Crippen LogP contribution in [0.1, 0.15) is 21.5 Å². The number of Topliss-reactive ketones (excluding diaryl/α,β-unsaturated/α-hetero) is 1. The number of fused-ring (bicyclic) bond motifs is 1. The molecule has 0 aliphatic carbocycles. The van der Waals surface area contributed by atoms with Gasteiger partial charge in [-0.25, -0.2) is 0 Å². The maximum atomic E-state index is 12.2. The summed E-state index contributed by atoms with van der Waals surface area (Å²) >= 11 is 1.62. The molecule has 86 valence electrons. The molecule has 3 heteroatoms. The van der Waals surface area contributed by atoms with E-state index in [-0.39, 0.29) is 5.78 Å². The Labute approximate surface area is 104 Å². The summed E-state index contributed by atoms with van der Waals surface area (Å²) < 4.78 is 5.55. The highest BCUT2D eigenvalue weighted by atomic mass is 32.1. The van der Waals surface area contributed by atoms with Crippen molar-refractivity contribution in [1.82, 2.24) is 0 Å². The first-order chi connectivity index (χ1) is 8.34. The van der Waals surface area contributed by atoms with Crippen molar-refractivity contribution >= 4 is 17.1 Å². The summed E-state index contributed by atoms with van der Waals surface area (Å²) in [6, 6.07) is 7.82. The number of hydrogen-bond donors (Lipinski definition) is 0. The minimum absolute atomic E-state index is 0.141. The van der Waals surface area contributed by atoms with Crippen molar-refractivity contribution in [1.29, 1.82) is 0 Å². The molecule has 0 spiro atoms. The molecular formula is C14H12O2S. The number of carbonyl (C=O) groups excluding carboxylic acids is 1. The summed E-state index contributed by atoms with van der Waals surface area (Å²) in [5.74, 6) is 0.940. The van der Waals surface area contributed by atoms with Crippen LogP contribution in [0.25, 0.3) is 0 Å². The number of carbonyl (C=O) groups is 1. The van der Waals surface area contributed by atoms with Gasteiger partial charge >= 0.3 is 0 Å². The number of hydrogen-bond acceptors (Lipinski definition) is 3. The zero-order chi connectivity index (χ0) is 11.7. The first-order valence-electron chi connectivity index (χ1n) is 5.63. The molecule has 0 N–H and O–H groups in total. The van der Waals surface area contributed by atoms with Crippen LogP contribution in [-0.4, -0.2) is 12.4 Å². The molecule has 0 unspecified atom stereocenters. The first-order valence-corrected chi connectivity index (χ1v) is 6.58. The van der Waals surface area contributed by atoms with E-state index < -0.39 is 0 Å². The monoisotopic (exact) mass is 244 g/mol. The summed E-state index contributed by atoms with van der Waals surface area (Å²) in [7, 11) is 0. The largest absolute Gasteiger partial charge is 0.492 e. The van der Waals surface area contributed by atoms with Crippen LogP contribution in [0.4, 0.5) is 0 Å². The fourth-order valence-electron chi connectivity index (χ4n) is 2.11. The molecular weight excluding hydrogens is 232 g/mol. The van der Waals surface area contributed by atoms with E-state index in [4.69, 9.17) is 4.74 Å². The van der Waals surface area contributed by atoms with Gasteiger partial charge in [0.05, 0.1) is 12.2 Å². The number of benzene rings is 1. The summed E-state index contributed by atoms with van der Waals surface area (Å²) in [5, 5.41) is 4.01. The van der Waals surface area contributed by atoms with Crippen molar-refractivity contribution in [2.75, 3.05) is 6.61 Å². The third-order valence-corrected chi connectivity index (χ3v) is 3.69. The fourth-order valence-corrected chi connectivity index (χ4v) is 2.78. The van der Waals surface area contributed by atoms with Crippen LogP contribution < -0.4 is 4.74 Å². The standard InChI is InChI=1S/C14H12O2S/c15-13(8-10-5-7-17-9-10)12-3-1-2-11-4-6-16-14(11)12/h1-3,5,7,9H,4,6,8H2. The Morgan fingerprint density at radius 3 is 3.12 bits per heavy atom. The molecule has 0 saturated heterocycles. The van der Waals surface area contributed by atoms with Gasteiger partial charge in [-0.15, -0.1) is 0 Å². The van der Waals surface area contributed by atoms with E-state index in [2.05, 4.69) is 0 Å². The normalized spacial score (nSPS) is 13.2. The summed E-state index contributed by atoms with van der Waals surface area (Å²) in [6.45, 7) is 0.693. The molecule has 17 heavy (non-hydrogen) atoms. The van der Waals surface area contributed by atoms with Crippen LogP contribution in [0.2, 0.25) is 0 Å². The number of ether oxygens (including phenoxy) is 1. The van der Waals surface area contributed by atoms with E-state index in [1.165, 1.54) is 0 Å². The van der Waals surface area contributed by atoms with E-state index in [9.17, 15) is 4.79 Å². The van der Waals surface area contributed by atoms with E-state index in [0.717, 1.165) is 28.9 Å². The minimum Gasteiger partial charge on any atom is -0.492 e. The van der Waals surface area contributed by atoms with Gasteiger partial charge in [0.1, 0.15) is 5.75 Å². The Morgan fingerprint density at radius 1 is 1.35 bits per heavy atom. The van der Waals surface area contributed by atoms with Crippen molar-refractivity contribution < 1.29 is 9.53 Å². The lowest BCUT2D eigenvalue weighted by atomic mass is 10.0. The minimum atomic E-state index is 0.141. The maximum Gasteiger partial charge on any atom is 0.170 e. The van der Waals surface area contributed by atoms with E-state index in [1.807, 2.05) is 35.0 Å². The Kier molecular flexibility index (Phi) is 2.69. The second-order valence-corrected chi connectivity index (χ2v) is 4.90. The average molecular weight is 244 g/mol. The number of ketones is 1. The van der Waals surface area contributed by atoms with Gasteiger partial charge in [-0.1, -0.05) is 12.1 Å². The first kappa shape index (κ1) is 10.5. The summed E-state index contributed by atoms with van der Waals surface area (Å²) in [4.78, 5) is 12.2. The molecule has 2 heterocycles. The maximum absolute atomic E-state index is 12.2. The molecule has 2 nitrogen and oxygen atoms in total. The molecule has 0 fully saturated rings. The van der Waals surface area contributed by atoms with Crippen molar-refractivity contribution in [3.05, 3.63) is 51.7 Å². The number of para-hydroxylation sites is 1. The van der Waals surface area contributed by atoms with E-state index in [0.29, 0.717) is 13.0 Å². The van der Waals surface area contributed by atoms with Crippen LogP contribution in [-0.2, 0) is 12.8 Å². The molecule has 1 aromatic carbocycles. The second kappa shape index (κ2) is 4.34. The highest BCUT2D eigenvalue weighted by molar-refractivity contribution is 7.08. The highest BCUT2D eigenvalue weighted by Gasteiger charge is 2.20. The molecule has 0 amide bonds. The SMILES string of the molecule is O=C(Cc1ccsc1)c1cccc2c1OCC2. The molecule has 0 radical (unpaired) electrons. The van der Waals surface area contributed by atoms with Crippen molar-refractivity contribution in [2.45, 2.75) is 12.8 Å². The predicted octanol–water partition coefficient (Wildman–Crippen LogP) is 3.11. The van der Waals surface area contributed by atoms with Gasteiger partial charge in [0.15, 0.2) is 5.78 Å². The van der Waals surface area contributed by atoms with Crippen LogP contribution in [0, 0.1) is 0 Å².